The number of hydrogen-bond donors (Lipinski definition) is 2. The smallest absolute Gasteiger partial charge is 0.492 e. The van der Waals surface area contributed by atoms with Crippen molar-refractivity contribution < 1.29 is 19.2 Å². The Morgan fingerprint density at radius 1 is 1.38 bits per heavy atom. The number of aryl methyl sites for hydroxylation is 1. The first kappa shape index (κ1) is 10.0. The summed E-state index contributed by atoms with van der Waals surface area (Å²) in [5, 5.41) is 17.8. The molecule has 0 aromatic heterocycles. The number of hydrogen-bond acceptors (Lipinski definition) is 3. The monoisotopic (exact) mass is 184 g/mol. The molecular formula is C8H10BFO3. The first-order chi connectivity index (χ1) is 6.06. The average molecular weight is 184 g/mol. The number of ether oxygens (including phenoxy) is 1. The molecule has 13 heavy (non-hydrogen) atoms. The molecule has 1 aromatic carbocycles. The molecule has 0 amide bonds. The summed E-state index contributed by atoms with van der Waals surface area (Å²) in [7, 11) is -0.301. The highest BCUT2D eigenvalue weighted by molar-refractivity contribution is 6.59. The summed E-state index contributed by atoms with van der Waals surface area (Å²) in [6.07, 6.45) is 0. The molecule has 0 aliphatic carbocycles. The van der Waals surface area contributed by atoms with E-state index in [0.717, 1.165) is 6.07 Å². The quantitative estimate of drug-likeness (QED) is 0.627. The van der Waals surface area contributed by atoms with E-state index in [9.17, 15) is 4.39 Å². The fourth-order valence-electron chi connectivity index (χ4n) is 1.06. The van der Waals surface area contributed by atoms with E-state index in [1.165, 1.54) is 13.2 Å². The Kier molecular flexibility index (Phi) is 2.90. The third-order valence-electron chi connectivity index (χ3n) is 1.79. The molecule has 1 aromatic rings. The van der Waals surface area contributed by atoms with E-state index in [0.29, 0.717) is 5.56 Å². The molecule has 0 bridgehead atoms. The maximum Gasteiger partial charge on any atom is 0.492 e. The van der Waals surface area contributed by atoms with Crippen molar-refractivity contribution >= 4 is 12.6 Å². The second-order valence-corrected chi connectivity index (χ2v) is 2.72. The Bertz CT molecular complexity index is 315. The minimum Gasteiger partial charge on any atom is -0.497 e. The van der Waals surface area contributed by atoms with Crippen molar-refractivity contribution in [3.05, 3.63) is 23.5 Å². The number of rotatable bonds is 2. The lowest BCUT2D eigenvalue weighted by Gasteiger charge is -2.08. The van der Waals surface area contributed by atoms with Crippen LogP contribution in [-0.2, 0) is 0 Å². The summed E-state index contributed by atoms with van der Waals surface area (Å²) in [6.45, 7) is 1.54. The molecule has 0 spiro atoms. The molecule has 0 saturated heterocycles. The molecule has 0 unspecified atom stereocenters. The standard InChI is InChI=1S/C8H10BFO3/c1-5-3-6(9(11)12)8(13-2)4-7(5)10/h3-4,11-12H,1-2H3. The van der Waals surface area contributed by atoms with Crippen molar-refractivity contribution in [2.75, 3.05) is 7.11 Å². The minimum atomic E-state index is -1.64. The van der Waals surface area contributed by atoms with Gasteiger partial charge in [-0.25, -0.2) is 4.39 Å². The first-order valence-electron chi connectivity index (χ1n) is 3.76. The van der Waals surface area contributed by atoms with Crippen molar-refractivity contribution in [1.29, 1.82) is 0 Å². The van der Waals surface area contributed by atoms with Crippen LogP contribution in [0.3, 0.4) is 0 Å². The van der Waals surface area contributed by atoms with Crippen LogP contribution in [0.2, 0.25) is 0 Å². The second-order valence-electron chi connectivity index (χ2n) is 2.72. The zero-order valence-electron chi connectivity index (χ0n) is 7.41. The third-order valence-corrected chi connectivity index (χ3v) is 1.79. The van der Waals surface area contributed by atoms with Gasteiger partial charge < -0.3 is 14.8 Å². The first-order valence-corrected chi connectivity index (χ1v) is 3.76. The van der Waals surface area contributed by atoms with Gasteiger partial charge in [-0.15, -0.1) is 0 Å². The summed E-state index contributed by atoms with van der Waals surface area (Å²) in [5.74, 6) is -0.292. The number of methoxy groups -OCH3 is 1. The fourth-order valence-corrected chi connectivity index (χ4v) is 1.06. The van der Waals surface area contributed by atoms with Gasteiger partial charge in [-0.1, -0.05) is 6.07 Å². The van der Waals surface area contributed by atoms with Gasteiger partial charge in [-0.3, -0.25) is 0 Å². The number of halogens is 1. The molecule has 70 valence electrons. The highest BCUT2D eigenvalue weighted by atomic mass is 19.1. The van der Waals surface area contributed by atoms with Crippen LogP contribution in [0, 0.1) is 12.7 Å². The van der Waals surface area contributed by atoms with Gasteiger partial charge in [0.05, 0.1) is 7.11 Å². The highest BCUT2D eigenvalue weighted by Gasteiger charge is 2.18. The summed E-state index contributed by atoms with van der Waals surface area (Å²) in [6, 6.07) is 2.48. The normalized spacial score (nSPS) is 9.92. The summed E-state index contributed by atoms with van der Waals surface area (Å²) in [4.78, 5) is 0. The molecule has 3 nitrogen and oxygen atoms in total. The van der Waals surface area contributed by atoms with Gasteiger partial charge in [0, 0.05) is 11.5 Å². The SMILES string of the molecule is COc1cc(F)c(C)cc1B(O)O. The minimum absolute atomic E-state index is 0.137. The van der Waals surface area contributed by atoms with Crippen LogP contribution in [0.5, 0.6) is 5.75 Å². The van der Waals surface area contributed by atoms with Crippen LogP contribution in [0.25, 0.3) is 0 Å². The van der Waals surface area contributed by atoms with Gasteiger partial charge in [0.25, 0.3) is 0 Å². The zero-order valence-corrected chi connectivity index (χ0v) is 7.41. The molecule has 1 rings (SSSR count). The Morgan fingerprint density at radius 3 is 2.46 bits per heavy atom. The maximum absolute atomic E-state index is 13.0. The van der Waals surface area contributed by atoms with Gasteiger partial charge >= 0.3 is 7.12 Å². The Hall–Kier alpha value is -1.07. The van der Waals surface area contributed by atoms with Crippen molar-refractivity contribution in [3.8, 4) is 5.75 Å². The highest BCUT2D eigenvalue weighted by Crippen LogP contribution is 2.13. The van der Waals surface area contributed by atoms with E-state index in [2.05, 4.69) is 0 Å². The second kappa shape index (κ2) is 3.76. The maximum atomic E-state index is 13.0. The van der Waals surface area contributed by atoms with E-state index in [1.54, 1.807) is 6.92 Å². The predicted molar refractivity (Wildman–Crippen MR) is 47.5 cm³/mol. The Morgan fingerprint density at radius 2 is 2.00 bits per heavy atom. The lowest BCUT2D eigenvalue weighted by Crippen LogP contribution is -2.31. The molecule has 0 heterocycles. The molecule has 0 radical (unpaired) electrons. The molecule has 5 heteroatoms. The Labute approximate surface area is 75.9 Å². The molecule has 0 saturated carbocycles. The van der Waals surface area contributed by atoms with E-state index >= 15 is 0 Å². The zero-order chi connectivity index (χ0) is 10.0. The topological polar surface area (TPSA) is 49.7 Å². The molecule has 0 aliphatic rings. The molecule has 0 aliphatic heterocycles. The van der Waals surface area contributed by atoms with Gasteiger partial charge in [-0.05, 0) is 12.5 Å². The van der Waals surface area contributed by atoms with Crippen molar-refractivity contribution in [1.82, 2.24) is 0 Å². The van der Waals surface area contributed by atoms with Crippen molar-refractivity contribution in [3.63, 3.8) is 0 Å². The summed E-state index contributed by atoms with van der Waals surface area (Å²) >= 11 is 0. The van der Waals surface area contributed by atoms with Crippen molar-refractivity contribution in [2.24, 2.45) is 0 Å². The van der Waals surface area contributed by atoms with E-state index < -0.39 is 12.9 Å². The predicted octanol–water partition coefficient (Wildman–Crippen LogP) is -0.177. The van der Waals surface area contributed by atoms with E-state index in [4.69, 9.17) is 14.8 Å². The summed E-state index contributed by atoms with van der Waals surface area (Å²) in [5.41, 5.74) is 0.519. The van der Waals surface area contributed by atoms with Gasteiger partial charge in [0.15, 0.2) is 0 Å². The van der Waals surface area contributed by atoms with Crippen LogP contribution in [-0.4, -0.2) is 24.3 Å². The molecule has 0 fully saturated rings. The van der Waals surface area contributed by atoms with E-state index in [1.807, 2.05) is 0 Å². The average Bonchev–Trinajstić information content (AvgIpc) is 2.08. The lowest BCUT2D eigenvalue weighted by atomic mass is 9.79. The van der Waals surface area contributed by atoms with Gasteiger partial charge in [-0.2, -0.15) is 0 Å². The Balaban J connectivity index is 3.25. The fraction of sp³-hybridized carbons (Fsp3) is 0.250. The van der Waals surface area contributed by atoms with Crippen molar-refractivity contribution in [2.45, 2.75) is 6.92 Å². The van der Waals surface area contributed by atoms with Crippen LogP contribution < -0.4 is 10.2 Å². The summed E-state index contributed by atoms with van der Waals surface area (Å²) < 4.78 is 17.7. The van der Waals surface area contributed by atoms with Crippen LogP contribution in [0.4, 0.5) is 4.39 Å². The van der Waals surface area contributed by atoms with Gasteiger partial charge in [0.2, 0.25) is 0 Å². The number of benzene rings is 1. The van der Waals surface area contributed by atoms with E-state index in [-0.39, 0.29) is 11.2 Å². The molecule has 2 N–H and O–H groups in total. The largest absolute Gasteiger partial charge is 0.497 e. The van der Waals surface area contributed by atoms with Gasteiger partial charge in [0.1, 0.15) is 11.6 Å². The van der Waals surface area contributed by atoms with Crippen LogP contribution in [0.1, 0.15) is 5.56 Å². The van der Waals surface area contributed by atoms with Crippen LogP contribution >= 0.6 is 0 Å². The molecule has 0 atom stereocenters. The molecular weight excluding hydrogens is 174 g/mol. The third kappa shape index (κ3) is 1.99. The van der Waals surface area contributed by atoms with Crippen LogP contribution in [0.15, 0.2) is 12.1 Å². The lowest BCUT2D eigenvalue weighted by molar-refractivity contribution is 0.400.